The van der Waals surface area contributed by atoms with Crippen LogP contribution in [-0.2, 0) is 14.3 Å². The van der Waals surface area contributed by atoms with Crippen molar-refractivity contribution in [2.45, 2.75) is 102 Å². The molecule has 0 spiro atoms. The molecular formula is C29H46N6O6. The second-order valence-electron chi connectivity index (χ2n) is 13.1. The van der Waals surface area contributed by atoms with E-state index in [2.05, 4.69) is 0 Å². The van der Waals surface area contributed by atoms with E-state index < -0.39 is 23.7 Å². The number of nitrogens with zero attached hydrogens (tertiary/aromatic N) is 4. The van der Waals surface area contributed by atoms with Crippen molar-refractivity contribution < 1.29 is 29.0 Å². The van der Waals surface area contributed by atoms with Crippen molar-refractivity contribution in [3.63, 3.8) is 0 Å². The Morgan fingerprint density at radius 2 is 1.63 bits per heavy atom. The maximum atomic E-state index is 13.5. The second-order valence-corrected chi connectivity index (χ2v) is 13.1. The van der Waals surface area contributed by atoms with Gasteiger partial charge >= 0.3 is 12.1 Å². The first-order valence-electron chi connectivity index (χ1n) is 15.2. The second kappa shape index (κ2) is 11.4. The molecule has 6 amide bonds. The zero-order valence-corrected chi connectivity index (χ0v) is 24.6. The third kappa shape index (κ3) is 5.40. The Labute approximate surface area is 242 Å². The number of imide groups is 2. The lowest BCUT2D eigenvalue weighted by atomic mass is 9.77. The summed E-state index contributed by atoms with van der Waals surface area (Å²) in [4.78, 5) is 58.8. The van der Waals surface area contributed by atoms with E-state index in [-0.39, 0.29) is 53.2 Å². The standard InChI is InChI=1S/C29H46N6O6/c1-17-13-20(11-12-41-17)16-34-27(39)32(3)26(38)29(34,2)14-18-7-9-21(10-8-18)35-25(37)22(23(30)31)24(36)33(28(35)40)15-19-5-4-6-19/h17-21,25,37H,4-16,30-31H2,1-3H3/t17-,18?,20+,21?,25?,29-/m0/s1. The molecule has 0 aromatic carbocycles. The molecule has 0 bridgehead atoms. The Balaban J connectivity index is 1.27. The Morgan fingerprint density at radius 1 is 0.951 bits per heavy atom. The number of amides is 6. The number of likely N-dealkylation sites (N-methyl/N-ethyl adjacent to an activating group) is 1. The highest BCUT2D eigenvalue weighted by molar-refractivity contribution is 6.08. The zero-order valence-electron chi connectivity index (χ0n) is 24.6. The molecule has 228 valence electrons. The molecule has 2 aliphatic carbocycles. The van der Waals surface area contributed by atoms with Crippen molar-refractivity contribution in [1.82, 2.24) is 19.6 Å². The first-order valence-corrected chi connectivity index (χ1v) is 15.2. The minimum absolute atomic E-state index is 0.130. The molecule has 5 fully saturated rings. The maximum Gasteiger partial charge on any atom is 0.329 e. The number of nitrogens with two attached hydrogens (primary N) is 2. The van der Waals surface area contributed by atoms with Crippen molar-refractivity contribution in [2.24, 2.45) is 29.2 Å². The largest absolute Gasteiger partial charge is 0.385 e. The molecule has 5 rings (SSSR count). The van der Waals surface area contributed by atoms with E-state index in [0.29, 0.717) is 39.0 Å². The van der Waals surface area contributed by atoms with Gasteiger partial charge in [-0.05, 0) is 89.4 Å². The van der Waals surface area contributed by atoms with Crippen LogP contribution in [0.3, 0.4) is 0 Å². The summed E-state index contributed by atoms with van der Waals surface area (Å²) in [5, 5.41) is 11.1. The van der Waals surface area contributed by atoms with Crippen LogP contribution in [-0.4, -0.2) is 99.2 Å². The van der Waals surface area contributed by atoms with Gasteiger partial charge in [0.25, 0.3) is 11.8 Å². The molecule has 1 unspecified atom stereocenters. The molecule has 3 aliphatic heterocycles. The molecular weight excluding hydrogens is 528 g/mol. The Kier molecular flexibility index (Phi) is 8.26. The fourth-order valence-corrected chi connectivity index (χ4v) is 7.59. The third-order valence-corrected chi connectivity index (χ3v) is 10.2. The van der Waals surface area contributed by atoms with Crippen molar-refractivity contribution in [3.05, 3.63) is 11.4 Å². The van der Waals surface area contributed by atoms with E-state index in [4.69, 9.17) is 16.2 Å². The van der Waals surface area contributed by atoms with Crippen molar-refractivity contribution in [2.75, 3.05) is 26.7 Å². The number of rotatable bonds is 7. The van der Waals surface area contributed by atoms with Crippen LogP contribution in [0.2, 0.25) is 0 Å². The molecule has 3 saturated heterocycles. The molecule has 3 heterocycles. The summed E-state index contributed by atoms with van der Waals surface area (Å²) in [6.45, 7) is 5.42. The molecule has 12 nitrogen and oxygen atoms in total. The van der Waals surface area contributed by atoms with Crippen LogP contribution in [0.5, 0.6) is 0 Å². The topological polar surface area (TPSA) is 163 Å². The van der Waals surface area contributed by atoms with Gasteiger partial charge in [0.15, 0.2) is 6.23 Å². The summed E-state index contributed by atoms with van der Waals surface area (Å²) in [6.07, 6.45) is 6.55. The smallest absolute Gasteiger partial charge is 0.329 e. The lowest BCUT2D eigenvalue weighted by Gasteiger charge is -2.47. The molecule has 0 aromatic heterocycles. The van der Waals surface area contributed by atoms with Crippen LogP contribution in [0.1, 0.15) is 78.1 Å². The fourth-order valence-electron chi connectivity index (χ4n) is 7.59. The minimum Gasteiger partial charge on any atom is -0.385 e. The number of carbonyl (C=O) groups excluding carboxylic acids is 4. The van der Waals surface area contributed by atoms with Gasteiger partial charge in [0.05, 0.1) is 6.10 Å². The van der Waals surface area contributed by atoms with E-state index in [1.807, 2.05) is 13.8 Å². The minimum atomic E-state index is -1.49. The zero-order chi connectivity index (χ0) is 29.6. The first-order chi connectivity index (χ1) is 19.4. The summed E-state index contributed by atoms with van der Waals surface area (Å²) in [5.41, 5.74) is 10.6. The highest BCUT2D eigenvalue weighted by atomic mass is 16.5. The highest BCUT2D eigenvalue weighted by Crippen LogP contribution is 2.41. The average molecular weight is 575 g/mol. The Morgan fingerprint density at radius 3 is 2.22 bits per heavy atom. The first kappa shape index (κ1) is 29.6. The van der Waals surface area contributed by atoms with Crippen LogP contribution in [0.4, 0.5) is 9.59 Å². The highest BCUT2D eigenvalue weighted by Gasteiger charge is 2.54. The van der Waals surface area contributed by atoms with Gasteiger partial charge in [-0.3, -0.25) is 24.3 Å². The summed E-state index contributed by atoms with van der Waals surface area (Å²) >= 11 is 0. The lowest BCUT2D eigenvalue weighted by molar-refractivity contribution is -0.133. The normalized spacial score (nSPS) is 35.4. The van der Waals surface area contributed by atoms with Gasteiger partial charge in [0, 0.05) is 32.8 Å². The molecule has 0 aromatic rings. The van der Waals surface area contributed by atoms with Gasteiger partial charge in [-0.2, -0.15) is 0 Å². The number of aliphatic hydroxyl groups is 1. The quantitative estimate of drug-likeness (QED) is 0.307. The van der Waals surface area contributed by atoms with Crippen LogP contribution in [0, 0.1) is 17.8 Å². The van der Waals surface area contributed by atoms with Crippen LogP contribution in [0.25, 0.3) is 0 Å². The number of hydrogen-bond donors (Lipinski definition) is 3. The number of hydrogen-bond acceptors (Lipinski definition) is 8. The summed E-state index contributed by atoms with van der Waals surface area (Å²) in [7, 11) is 1.56. The van der Waals surface area contributed by atoms with Crippen LogP contribution >= 0.6 is 0 Å². The van der Waals surface area contributed by atoms with Crippen molar-refractivity contribution in [1.29, 1.82) is 0 Å². The number of urea groups is 2. The van der Waals surface area contributed by atoms with Crippen molar-refractivity contribution in [3.8, 4) is 0 Å². The van der Waals surface area contributed by atoms with E-state index in [0.717, 1.165) is 44.9 Å². The fraction of sp³-hybridized carbons (Fsp3) is 0.793. The molecule has 41 heavy (non-hydrogen) atoms. The lowest BCUT2D eigenvalue weighted by Crippen LogP contribution is -2.63. The number of carbonyl (C=O) groups is 4. The Bertz CT molecular complexity index is 1100. The molecule has 5 aliphatic rings. The van der Waals surface area contributed by atoms with E-state index >= 15 is 0 Å². The average Bonchev–Trinajstić information content (AvgIpc) is 3.04. The van der Waals surface area contributed by atoms with Gasteiger partial charge in [0.2, 0.25) is 0 Å². The molecule has 5 N–H and O–H groups in total. The molecule has 0 radical (unpaired) electrons. The van der Waals surface area contributed by atoms with Gasteiger partial charge < -0.3 is 26.2 Å². The summed E-state index contributed by atoms with van der Waals surface area (Å²) < 4.78 is 5.68. The summed E-state index contributed by atoms with van der Waals surface area (Å²) in [5.74, 6) is -0.354. The van der Waals surface area contributed by atoms with Crippen molar-refractivity contribution >= 4 is 23.9 Å². The van der Waals surface area contributed by atoms with Gasteiger partial charge in [-0.15, -0.1) is 0 Å². The molecule has 12 heteroatoms. The van der Waals surface area contributed by atoms with Gasteiger partial charge in [0.1, 0.15) is 16.9 Å². The van der Waals surface area contributed by atoms with Crippen LogP contribution in [0.15, 0.2) is 11.4 Å². The van der Waals surface area contributed by atoms with E-state index in [1.54, 1.807) is 11.9 Å². The SMILES string of the molecule is C[C@H]1C[C@H](CN2C(=O)N(C)C(=O)[C@]2(C)CC2CCC(N3C(=O)N(CC4CCC4)C(=O)C(=C(N)N)C3O)CC2)CCO1. The maximum absolute atomic E-state index is 13.5. The van der Waals surface area contributed by atoms with Gasteiger partial charge in [-0.1, -0.05) is 6.42 Å². The monoisotopic (exact) mass is 574 g/mol. The van der Waals surface area contributed by atoms with E-state index in [1.165, 1.54) is 14.7 Å². The summed E-state index contributed by atoms with van der Waals surface area (Å²) in [6, 6.07) is -1.04. The predicted molar refractivity (Wildman–Crippen MR) is 149 cm³/mol. The molecule has 2 saturated carbocycles. The van der Waals surface area contributed by atoms with E-state index in [9.17, 15) is 24.3 Å². The Hall–Kier alpha value is -2.86. The van der Waals surface area contributed by atoms with Gasteiger partial charge in [-0.25, -0.2) is 9.59 Å². The predicted octanol–water partition coefficient (Wildman–Crippen LogP) is 1.91. The number of aliphatic hydroxyl groups excluding tert-OH is 1. The van der Waals surface area contributed by atoms with Crippen LogP contribution < -0.4 is 11.5 Å². The molecule has 4 atom stereocenters. The number of ether oxygens (including phenoxy) is 1. The third-order valence-electron chi connectivity index (χ3n) is 10.2.